The monoisotopic (exact) mass is 377 g/mol. The number of morpholine rings is 1. The Morgan fingerprint density at radius 3 is 2.96 bits per heavy atom. The van der Waals surface area contributed by atoms with Crippen molar-refractivity contribution < 1.29 is 9.47 Å². The van der Waals surface area contributed by atoms with E-state index in [1.54, 1.807) is 0 Å². The average molecular weight is 378 g/mol. The molecule has 7 heteroatoms. The summed E-state index contributed by atoms with van der Waals surface area (Å²) in [6.45, 7) is 6.96. The summed E-state index contributed by atoms with van der Waals surface area (Å²) in [4.78, 5) is 7.13. The molecule has 0 radical (unpaired) electrons. The molecule has 0 amide bonds. The molecule has 1 atom stereocenters. The number of aromatic nitrogens is 2. The van der Waals surface area contributed by atoms with Gasteiger partial charge in [0.1, 0.15) is 6.10 Å². The van der Waals surface area contributed by atoms with Crippen LogP contribution in [-0.4, -0.2) is 66.1 Å². The molecular weight excluding hydrogens is 342 g/mol. The molecule has 1 saturated carbocycles. The van der Waals surface area contributed by atoms with Crippen LogP contribution in [0.1, 0.15) is 57.1 Å². The zero-order valence-corrected chi connectivity index (χ0v) is 16.9. The van der Waals surface area contributed by atoms with Gasteiger partial charge in [-0.1, -0.05) is 19.3 Å². The van der Waals surface area contributed by atoms with E-state index in [0.29, 0.717) is 12.7 Å². The van der Waals surface area contributed by atoms with E-state index in [2.05, 4.69) is 22.2 Å². The normalized spacial score (nSPS) is 22.2. The van der Waals surface area contributed by atoms with E-state index in [4.69, 9.17) is 14.5 Å². The van der Waals surface area contributed by atoms with Gasteiger partial charge in [0.25, 0.3) is 0 Å². The number of nitrogens with zero attached hydrogens (tertiary/aromatic N) is 4. The van der Waals surface area contributed by atoms with Crippen LogP contribution < -0.4 is 5.32 Å². The van der Waals surface area contributed by atoms with E-state index in [1.807, 2.05) is 24.1 Å². The van der Waals surface area contributed by atoms with Crippen molar-refractivity contribution >= 4 is 5.96 Å². The smallest absolute Gasteiger partial charge is 0.194 e. The lowest BCUT2D eigenvalue weighted by molar-refractivity contribution is -0.00809. The van der Waals surface area contributed by atoms with Crippen molar-refractivity contribution in [1.82, 2.24) is 20.0 Å². The maximum absolute atomic E-state index is 6.01. The summed E-state index contributed by atoms with van der Waals surface area (Å²) in [6.07, 6.45) is 11.9. The maximum atomic E-state index is 6.01. The Bertz CT molecular complexity index is 583. The minimum Gasteiger partial charge on any atom is -0.378 e. The van der Waals surface area contributed by atoms with Crippen molar-refractivity contribution in [1.29, 1.82) is 0 Å². The minimum atomic E-state index is 0.0472. The van der Waals surface area contributed by atoms with E-state index in [1.165, 1.54) is 32.1 Å². The zero-order valence-electron chi connectivity index (χ0n) is 16.9. The largest absolute Gasteiger partial charge is 0.378 e. The number of rotatable bonds is 7. The summed E-state index contributed by atoms with van der Waals surface area (Å²) in [6, 6.07) is 0. The zero-order chi connectivity index (χ0) is 18.9. The summed E-state index contributed by atoms with van der Waals surface area (Å²) in [5.41, 5.74) is 1.12. The fourth-order valence-corrected chi connectivity index (χ4v) is 3.81. The molecule has 2 fully saturated rings. The number of hydrogen-bond donors (Lipinski definition) is 1. The molecule has 27 heavy (non-hydrogen) atoms. The molecule has 1 aromatic rings. The van der Waals surface area contributed by atoms with Gasteiger partial charge < -0.3 is 19.7 Å². The summed E-state index contributed by atoms with van der Waals surface area (Å²) >= 11 is 0. The molecule has 1 saturated heterocycles. The highest BCUT2D eigenvalue weighted by molar-refractivity contribution is 5.80. The van der Waals surface area contributed by atoms with Gasteiger partial charge in [-0.3, -0.25) is 9.67 Å². The fraction of sp³-hybridized carbons (Fsp3) is 0.800. The van der Waals surface area contributed by atoms with Crippen LogP contribution in [-0.2, 0) is 16.5 Å². The molecule has 3 rings (SSSR count). The van der Waals surface area contributed by atoms with Crippen LogP contribution in [0.15, 0.2) is 17.4 Å². The van der Waals surface area contributed by atoms with Crippen molar-refractivity contribution in [2.24, 2.45) is 12.0 Å². The first-order valence-electron chi connectivity index (χ1n) is 10.5. The van der Waals surface area contributed by atoms with Crippen LogP contribution >= 0.6 is 0 Å². The van der Waals surface area contributed by atoms with Gasteiger partial charge in [0.2, 0.25) is 0 Å². The van der Waals surface area contributed by atoms with Crippen LogP contribution in [0.4, 0.5) is 0 Å². The molecule has 1 aromatic heterocycles. The molecule has 1 unspecified atom stereocenters. The quantitative estimate of drug-likeness (QED) is 0.449. The van der Waals surface area contributed by atoms with Gasteiger partial charge >= 0.3 is 0 Å². The van der Waals surface area contributed by atoms with E-state index in [0.717, 1.165) is 50.7 Å². The Morgan fingerprint density at radius 1 is 1.37 bits per heavy atom. The summed E-state index contributed by atoms with van der Waals surface area (Å²) in [5.74, 6) is 0.979. The molecule has 0 aromatic carbocycles. The third-order valence-corrected chi connectivity index (χ3v) is 5.27. The van der Waals surface area contributed by atoms with Crippen LogP contribution in [0.25, 0.3) is 0 Å². The second kappa shape index (κ2) is 10.7. The summed E-state index contributed by atoms with van der Waals surface area (Å²) in [7, 11) is 1.94. The third-order valence-electron chi connectivity index (χ3n) is 5.27. The molecule has 1 aliphatic carbocycles. The van der Waals surface area contributed by atoms with Gasteiger partial charge in [0, 0.05) is 45.0 Å². The van der Waals surface area contributed by atoms with Crippen molar-refractivity contribution in [2.75, 3.05) is 39.4 Å². The van der Waals surface area contributed by atoms with Gasteiger partial charge in [-0.25, -0.2) is 0 Å². The lowest BCUT2D eigenvalue weighted by atomic mass is 9.98. The second-order valence-corrected chi connectivity index (χ2v) is 7.47. The minimum absolute atomic E-state index is 0.0472. The van der Waals surface area contributed by atoms with Gasteiger partial charge in [0.15, 0.2) is 5.96 Å². The Kier molecular flexibility index (Phi) is 7.95. The van der Waals surface area contributed by atoms with E-state index in [-0.39, 0.29) is 6.10 Å². The molecule has 0 bridgehead atoms. The SMILES string of the molecule is CCNC(=NCCCOC1CCCCC1)N1CCOC(c2cnn(C)c2)C1. The van der Waals surface area contributed by atoms with Crippen molar-refractivity contribution in [3.63, 3.8) is 0 Å². The standard InChI is InChI=1S/C20H35N5O2/c1-3-21-20(22-10-7-12-26-18-8-5-4-6-9-18)25-11-13-27-19(16-25)17-14-23-24(2)15-17/h14-15,18-19H,3-13,16H2,1-2H3,(H,21,22). The lowest BCUT2D eigenvalue weighted by Gasteiger charge is -2.34. The van der Waals surface area contributed by atoms with Crippen molar-refractivity contribution in [2.45, 2.75) is 57.7 Å². The van der Waals surface area contributed by atoms with Crippen LogP contribution in [0.2, 0.25) is 0 Å². The van der Waals surface area contributed by atoms with Crippen LogP contribution in [0, 0.1) is 0 Å². The fourth-order valence-electron chi connectivity index (χ4n) is 3.81. The number of aliphatic imine (C=N–C) groups is 1. The summed E-state index contributed by atoms with van der Waals surface area (Å²) < 4.78 is 13.8. The first-order valence-corrected chi connectivity index (χ1v) is 10.5. The number of ether oxygens (including phenoxy) is 2. The van der Waals surface area contributed by atoms with Crippen molar-refractivity contribution in [3.05, 3.63) is 18.0 Å². The summed E-state index contributed by atoms with van der Waals surface area (Å²) in [5, 5.41) is 7.69. The van der Waals surface area contributed by atoms with E-state index in [9.17, 15) is 0 Å². The average Bonchev–Trinajstić information content (AvgIpc) is 3.14. The first-order chi connectivity index (χ1) is 13.3. The molecule has 2 aliphatic rings. The van der Waals surface area contributed by atoms with Gasteiger partial charge in [-0.2, -0.15) is 5.10 Å². The Labute approximate surface area is 163 Å². The number of nitrogens with one attached hydrogen (secondary N) is 1. The van der Waals surface area contributed by atoms with Crippen LogP contribution in [0.5, 0.6) is 0 Å². The first kappa shape index (κ1) is 20.1. The molecular formula is C20H35N5O2. The molecule has 152 valence electrons. The Morgan fingerprint density at radius 2 is 2.22 bits per heavy atom. The second-order valence-electron chi connectivity index (χ2n) is 7.47. The highest BCUT2D eigenvalue weighted by atomic mass is 16.5. The predicted molar refractivity (Wildman–Crippen MR) is 107 cm³/mol. The number of hydrogen-bond acceptors (Lipinski definition) is 4. The molecule has 2 heterocycles. The Hall–Kier alpha value is -1.60. The predicted octanol–water partition coefficient (Wildman–Crippen LogP) is 2.50. The highest BCUT2D eigenvalue weighted by Crippen LogP contribution is 2.22. The van der Waals surface area contributed by atoms with Gasteiger partial charge in [-0.15, -0.1) is 0 Å². The van der Waals surface area contributed by atoms with Crippen molar-refractivity contribution in [3.8, 4) is 0 Å². The maximum Gasteiger partial charge on any atom is 0.194 e. The highest BCUT2D eigenvalue weighted by Gasteiger charge is 2.25. The Balaban J connectivity index is 1.47. The van der Waals surface area contributed by atoms with E-state index >= 15 is 0 Å². The molecule has 7 nitrogen and oxygen atoms in total. The third kappa shape index (κ3) is 6.21. The molecule has 0 spiro atoms. The number of aryl methyl sites for hydroxylation is 1. The molecule has 1 aliphatic heterocycles. The molecule has 1 N–H and O–H groups in total. The van der Waals surface area contributed by atoms with E-state index < -0.39 is 0 Å². The van der Waals surface area contributed by atoms with Gasteiger partial charge in [-0.05, 0) is 26.2 Å². The number of guanidine groups is 1. The topological polar surface area (TPSA) is 63.9 Å². The van der Waals surface area contributed by atoms with Crippen LogP contribution in [0.3, 0.4) is 0 Å². The van der Waals surface area contributed by atoms with Gasteiger partial charge in [0.05, 0.1) is 25.5 Å². The lowest BCUT2D eigenvalue weighted by Crippen LogP contribution is -2.48.